The SMILES string of the molecule is Cn1cc(C(NC(=O)N2CCC(N)CC2)C(=O)O)cn1. The molecule has 0 aromatic carbocycles. The Balaban J connectivity index is 2.01. The third-order valence-electron chi connectivity index (χ3n) is 3.40. The Labute approximate surface area is 116 Å². The van der Waals surface area contributed by atoms with Gasteiger partial charge in [-0.3, -0.25) is 4.68 Å². The highest BCUT2D eigenvalue weighted by atomic mass is 16.4. The second-order valence-corrected chi connectivity index (χ2v) is 4.99. The van der Waals surface area contributed by atoms with Crippen LogP contribution in [-0.2, 0) is 11.8 Å². The van der Waals surface area contributed by atoms with Crippen LogP contribution in [0, 0.1) is 0 Å². The molecule has 0 spiro atoms. The van der Waals surface area contributed by atoms with Crippen molar-refractivity contribution >= 4 is 12.0 Å². The largest absolute Gasteiger partial charge is 0.479 e. The molecule has 1 atom stereocenters. The maximum Gasteiger partial charge on any atom is 0.331 e. The van der Waals surface area contributed by atoms with Crippen molar-refractivity contribution in [1.82, 2.24) is 20.0 Å². The van der Waals surface area contributed by atoms with Crippen LogP contribution in [0.15, 0.2) is 12.4 Å². The number of nitrogens with two attached hydrogens (primary N) is 1. The average Bonchev–Trinajstić information content (AvgIpc) is 2.82. The highest BCUT2D eigenvalue weighted by Crippen LogP contribution is 2.14. The molecule has 8 heteroatoms. The van der Waals surface area contributed by atoms with Crippen LogP contribution in [-0.4, -0.2) is 50.9 Å². The first-order valence-electron chi connectivity index (χ1n) is 6.49. The highest BCUT2D eigenvalue weighted by Gasteiger charge is 2.27. The van der Waals surface area contributed by atoms with Gasteiger partial charge in [0.05, 0.1) is 6.20 Å². The summed E-state index contributed by atoms with van der Waals surface area (Å²) < 4.78 is 1.50. The minimum atomic E-state index is -1.11. The topological polar surface area (TPSA) is 113 Å². The first-order chi connectivity index (χ1) is 9.47. The summed E-state index contributed by atoms with van der Waals surface area (Å²) in [6.45, 7) is 1.10. The van der Waals surface area contributed by atoms with E-state index >= 15 is 0 Å². The molecule has 110 valence electrons. The molecule has 0 radical (unpaired) electrons. The zero-order valence-corrected chi connectivity index (χ0v) is 11.3. The lowest BCUT2D eigenvalue weighted by molar-refractivity contribution is -0.139. The van der Waals surface area contributed by atoms with Crippen LogP contribution in [0.5, 0.6) is 0 Å². The van der Waals surface area contributed by atoms with E-state index in [4.69, 9.17) is 5.73 Å². The van der Waals surface area contributed by atoms with Gasteiger partial charge in [-0.2, -0.15) is 5.10 Å². The monoisotopic (exact) mass is 281 g/mol. The summed E-state index contributed by atoms with van der Waals surface area (Å²) >= 11 is 0. The molecule has 1 fully saturated rings. The van der Waals surface area contributed by atoms with Crippen molar-refractivity contribution in [2.75, 3.05) is 13.1 Å². The number of nitrogens with one attached hydrogen (secondary N) is 1. The van der Waals surface area contributed by atoms with E-state index < -0.39 is 12.0 Å². The Kier molecular flexibility index (Phi) is 4.23. The molecule has 1 aromatic heterocycles. The zero-order chi connectivity index (χ0) is 14.7. The first-order valence-corrected chi connectivity index (χ1v) is 6.49. The smallest absolute Gasteiger partial charge is 0.331 e. The Morgan fingerprint density at radius 2 is 2.15 bits per heavy atom. The fraction of sp³-hybridized carbons (Fsp3) is 0.583. The van der Waals surface area contributed by atoms with E-state index in [1.54, 1.807) is 18.1 Å². The standard InChI is InChI=1S/C12H19N5O3/c1-16-7-8(6-14-16)10(11(18)19)15-12(20)17-4-2-9(13)3-5-17/h6-7,9-10H,2-5,13H2,1H3,(H,15,20)(H,18,19). The number of carboxylic acid groups (broad SMARTS) is 1. The van der Waals surface area contributed by atoms with Gasteiger partial charge < -0.3 is 21.1 Å². The molecule has 0 saturated carbocycles. The summed E-state index contributed by atoms with van der Waals surface area (Å²) in [5.74, 6) is -1.11. The van der Waals surface area contributed by atoms with Gasteiger partial charge >= 0.3 is 12.0 Å². The minimum absolute atomic E-state index is 0.118. The maximum atomic E-state index is 12.1. The number of carbonyl (C=O) groups excluding carboxylic acids is 1. The van der Waals surface area contributed by atoms with Crippen molar-refractivity contribution in [3.05, 3.63) is 18.0 Å². The Morgan fingerprint density at radius 1 is 1.50 bits per heavy atom. The number of nitrogens with zero attached hydrogens (tertiary/aromatic N) is 3. The lowest BCUT2D eigenvalue weighted by Crippen LogP contribution is -2.49. The second-order valence-electron chi connectivity index (χ2n) is 4.99. The van der Waals surface area contributed by atoms with Crippen molar-refractivity contribution in [3.63, 3.8) is 0 Å². The number of likely N-dealkylation sites (tertiary alicyclic amines) is 1. The summed E-state index contributed by atoms with van der Waals surface area (Å²) in [6, 6.07) is -1.35. The number of piperidine rings is 1. The minimum Gasteiger partial charge on any atom is -0.479 e. The number of hydrogen-bond acceptors (Lipinski definition) is 4. The number of carboxylic acids is 1. The molecule has 2 amide bonds. The molecule has 1 aliphatic rings. The van der Waals surface area contributed by atoms with Crippen LogP contribution in [0.1, 0.15) is 24.4 Å². The van der Waals surface area contributed by atoms with Gasteiger partial charge in [0, 0.05) is 37.9 Å². The number of carbonyl (C=O) groups is 2. The van der Waals surface area contributed by atoms with Gasteiger partial charge in [-0.15, -0.1) is 0 Å². The number of rotatable bonds is 3. The van der Waals surface area contributed by atoms with Crippen LogP contribution >= 0.6 is 0 Å². The van der Waals surface area contributed by atoms with E-state index in [2.05, 4.69) is 10.4 Å². The van der Waals surface area contributed by atoms with E-state index in [0.717, 1.165) is 12.8 Å². The van der Waals surface area contributed by atoms with Crippen molar-refractivity contribution in [1.29, 1.82) is 0 Å². The fourth-order valence-electron chi connectivity index (χ4n) is 2.19. The predicted molar refractivity (Wildman–Crippen MR) is 70.9 cm³/mol. The zero-order valence-electron chi connectivity index (χ0n) is 11.3. The summed E-state index contributed by atoms with van der Waals surface area (Å²) in [5.41, 5.74) is 6.22. The van der Waals surface area contributed by atoms with Crippen molar-refractivity contribution < 1.29 is 14.7 Å². The van der Waals surface area contributed by atoms with Crippen molar-refractivity contribution in [3.8, 4) is 0 Å². The van der Waals surface area contributed by atoms with Crippen LogP contribution in [0.4, 0.5) is 4.79 Å². The molecule has 20 heavy (non-hydrogen) atoms. The van der Waals surface area contributed by atoms with Gasteiger partial charge in [-0.1, -0.05) is 0 Å². The van der Waals surface area contributed by atoms with E-state index in [-0.39, 0.29) is 12.1 Å². The number of hydrogen-bond donors (Lipinski definition) is 3. The summed E-state index contributed by atoms with van der Waals surface area (Å²) in [4.78, 5) is 25.0. The van der Waals surface area contributed by atoms with Gasteiger partial charge in [0.1, 0.15) is 0 Å². The first kappa shape index (κ1) is 14.3. The second kappa shape index (κ2) is 5.91. The van der Waals surface area contributed by atoms with Crippen LogP contribution in [0.3, 0.4) is 0 Å². The Morgan fingerprint density at radius 3 is 2.65 bits per heavy atom. The Bertz CT molecular complexity index is 493. The van der Waals surface area contributed by atoms with Crippen molar-refractivity contribution in [2.24, 2.45) is 12.8 Å². The fourth-order valence-corrected chi connectivity index (χ4v) is 2.19. The number of aliphatic carboxylic acids is 1. The van der Waals surface area contributed by atoms with Crippen LogP contribution in [0.25, 0.3) is 0 Å². The molecule has 1 saturated heterocycles. The van der Waals surface area contributed by atoms with E-state index in [1.165, 1.54) is 10.9 Å². The molecule has 8 nitrogen and oxygen atoms in total. The summed E-state index contributed by atoms with van der Waals surface area (Å²) in [5, 5.41) is 15.7. The molecule has 2 heterocycles. The van der Waals surface area contributed by atoms with E-state index in [0.29, 0.717) is 18.7 Å². The quantitative estimate of drug-likeness (QED) is 0.702. The molecule has 2 rings (SSSR count). The summed E-state index contributed by atoms with van der Waals surface area (Å²) in [7, 11) is 1.69. The molecular formula is C12H19N5O3. The van der Waals surface area contributed by atoms with Crippen LogP contribution < -0.4 is 11.1 Å². The molecule has 1 unspecified atom stereocenters. The lowest BCUT2D eigenvalue weighted by atomic mass is 10.1. The van der Waals surface area contributed by atoms with Gasteiger partial charge in [-0.25, -0.2) is 9.59 Å². The highest BCUT2D eigenvalue weighted by molar-refractivity contribution is 5.83. The van der Waals surface area contributed by atoms with E-state index in [9.17, 15) is 14.7 Å². The molecular weight excluding hydrogens is 262 g/mol. The molecule has 1 aliphatic heterocycles. The lowest BCUT2D eigenvalue weighted by Gasteiger charge is -2.31. The number of aromatic nitrogens is 2. The predicted octanol–water partition coefficient (Wildman–Crippen LogP) is -0.321. The number of urea groups is 1. The van der Waals surface area contributed by atoms with Gasteiger partial charge in [0.25, 0.3) is 0 Å². The molecule has 0 aliphatic carbocycles. The third kappa shape index (κ3) is 3.27. The molecule has 0 bridgehead atoms. The number of aryl methyl sites for hydroxylation is 1. The van der Waals surface area contributed by atoms with E-state index in [1.807, 2.05) is 0 Å². The normalized spacial score (nSPS) is 17.8. The summed E-state index contributed by atoms with van der Waals surface area (Å²) in [6.07, 6.45) is 4.48. The third-order valence-corrected chi connectivity index (χ3v) is 3.40. The number of amides is 2. The molecule has 1 aromatic rings. The van der Waals surface area contributed by atoms with Crippen molar-refractivity contribution in [2.45, 2.75) is 24.9 Å². The van der Waals surface area contributed by atoms with Gasteiger partial charge in [0.2, 0.25) is 0 Å². The van der Waals surface area contributed by atoms with Crippen LogP contribution in [0.2, 0.25) is 0 Å². The maximum absolute atomic E-state index is 12.1. The Hall–Kier alpha value is -2.09. The van der Waals surface area contributed by atoms with Gasteiger partial charge in [0.15, 0.2) is 6.04 Å². The average molecular weight is 281 g/mol. The molecule has 4 N–H and O–H groups in total. The van der Waals surface area contributed by atoms with Gasteiger partial charge in [-0.05, 0) is 12.8 Å².